The minimum Gasteiger partial charge on any atom is -0.376 e. The summed E-state index contributed by atoms with van der Waals surface area (Å²) in [5, 5.41) is 0. The van der Waals surface area contributed by atoms with Crippen LogP contribution >= 0.6 is 11.8 Å². The van der Waals surface area contributed by atoms with Crippen LogP contribution in [-0.4, -0.2) is 51.2 Å². The summed E-state index contributed by atoms with van der Waals surface area (Å²) in [4.78, 5) is 1.15. The maximum absolute atomic E-state index is 6.06. The van der Waals surface area contributed by atoms with Crippen molar-refractivity contribution in [1.29, 1.82) is 0 Å². The van der Waals surface area contributed by atoms with Gasteiger partial charge in [0, 0.05) is 26.2 Å². The van der Waals surface area contributed by atoms with E-state index >= 15 is 0 Å². The molecule has 0 aromatic heterocycles. The largest absolute Gasteiger partial charge is 0.376 e. The monoisotopic (exact) mass is 298 g/mol. The van der Waals surface area contributed by atoms with Crippen LogP contribution in [0, 0.1) is 0 Å². The first-order chi connectivity index (χ1) is 9.71. The lowest BCUT2D eigenvalue weighted by Gasteiger charge is -2.43. The average molecular weight is 298 g/mol. The highest BCUT2D eigenvalue weighted by Crippen LogP contribution is 2.36. The number of hydrogen-bond acceptors (Lipinski definition) is 5. The van der Waals surface area contributed by atoms with E-state index < -0.39 is 0 Å². The predicted octanol–water partition coefficient (Wildman–Crippen LogP) is 2.57. The third-order valence-corrected chi connectivity index (χ3v) is 4.70. The van der Waals surface area contributed by atoms with Crippen LogP contribution in [0.1, 0.15) is 6.92 Å². The van der Waals surface area contributed by atoms with Gasteiger partial charge in [-0.3, -0.25) is 0 Å². The van der Waals surface area contributed by atoms with Gasteiger partial charge in [-0.15, -0.1) is 0 Å². The van der Waals surface area contributed by atoms with Gasteiger partial charge in [-0.1, -0.05) is 30.0 Å². The van der Waals surface area contributed by atoms with E-state index in [4.69, 9.17) is 18.9 Å². The summed E-state index contributed by atoms with van der Waals surface area (Å²) in [5.41, 5.74) is -0.117. The van der Waals surface area contributed by atoms with Gasteiger partial charge in [0.1, 0.15) is 23.7 Å². The number of rotatable bonds is 5. The Bertz CT molecular complexity index is 400. The van der Waals surface area contributed by atoms with E-state index in [1.165, 1.54) is 0 Å². The zero-order valence-corrected chi connectivity index (χ0v) is 13.1. The number of benzene rings is 1. The lowest BCUT2D eigenvalue weighted by molar-refractivity contribution is -0.216. The van der Waals surface area contributed by atoms with Crippen LogP contribution in [0.5, 0.6) is 0 Å². The number of thioether (sulfide) groups is 1. The molecule has 5 heteroatoms. The van der Waals surface area contributed by atoms with Crippen molar-refractivity contribution in [2.24, 2.45) is 0 Å². The van der Waals surface area contributed by atoms with Gasteiger partial charge in [-0.2, -0.15) is 0 Å². The summed E-state index contributed by atoms with van der Waals surface area (Å²) in [7, 11) is 5.04. The first-order valence-electron chi connectivity index (χ1n) is 6.66. The van der Waals surface area contributed by atoms with Gasteiger partial charge in [-0.05, 0) is 19.1 Å². The molecule has 0 saturated carbocycles. The van der Waals surface area contributed by atoms with Crippen molar-refractivity contribution in [3.63, 3.8) is 0 Å². The fourth-order valence-corrected chi connectivity index (χ4v) is 3.76. The fourth-order valence-electron chi connectivity index (χ4n) is 2.54. The highest BCUT2D eigenvalue weighted by Gasteiger charge is 2.45. The van der Waals surface area contributed by atoms with E-state index in [9.17, 15) is 0 Å². The maximum atomic E-state index is 6.06. The highest BCUT2D eigenvalue weighted by molar-refractivity contribution is 7.99. The third-order valence-electron chi connectivity index (χ3n) is 3.54. The van der Waals surface area contributed by atoms with Gasteiger partial charge < -0.3 is 18.9 Å². The van der Waals surface area contributed by atoms with E-state index in [1.54, 1.807) is 33.1 Å². The first-order valence-corrected chi connectivity index (χ1v) is 7.54. The van der Waals surface area contributed by atoms with Crippen molar-refractivity contribution >= 4 is 11.8 Å². The third kappa shape index (κ3) is 3.35. The van der Waals surface area contributed by atoms with Crippen LogP contribution in [0.4, 0.5) is 0 Å². The maximum Gasteiger partial charge on any atom is 0.136 e. The van der Waals surface area contributed by atoms with E-state index in [-0.39, 0.29) is 29.9 Å². The first kappa shape index (κ1) is 15.8. The Balaban J connectivity index is 2.15. The molecule has 0 amide bonds. The minimum atomic E-state index is -0.175. The molecule has 112 valence electrons. The molecule has 0 aliphatic carbocycles. The SMILES string of the molecule is CO[C@@H]1[C@@H](OC)[C@H](C)O[C@@H](Sc2ccccc2)[C@@H]1OC. The lowest BCUT2D eigenvalue weighted by Crippen LogP contribution is -2.57. The molecular formula is C15H22O4S. The van der Waals surface area contributed by atoms with Gasteiger partial charge >= 0.3 is 0 Å². The quantitative estimate of drug-likeness (QED) is 0.835. The Labute approximate surface area is 124 Å². The molecule has 1 aliphatic rings. The summed E-state index contributed by atoms with van der Waals surface area (Å²) in [6.45, 7) is 2.00. The van der Waals surface area contributed by atoms with E-state index in [1.807, 2.05) is 25.1 Å². The van der Waals surface area contributed by atoms with Crippen LogP contribution in [0.2, 0.25) is 0 Å². The molecule has 5 atom stereocenters. The van der Waals surface area contributed by atoms with Gasteiger partial charge in [0.25, 0.3) is 0 Å². The Morgan fingerprint density at radius 2 is 1.50 bits per heavy atom. The molecule has 1 aromatic carbocycles. The van der Waals surface area contributed by atoms with E-state index in [2.05, 4.69) is 12.1 Å². The van der Waals surface area contributed by atoms with Crippen LogP contribution in [0.3, 0.4) is 0 Å². The standard InChI is InChI=1S/C15H22O4S/c1-10-12(16-2)13(17-3)14(18-4)15(19-10)20-11-8-6-5-7-9-11/h5-10,12-15H,1-4H3/t10-,12-,13+,14+,15-/m0/s1. The number of ether oxygens (including phenoxy) is 4. The number of hydrogen-bond donors (Lipinski definition) is 0. The van der Waals surface area contributed by atoms with E-state index in [0.29, 0.717) is 0 Å². The molecule has 1 aliphatic heterocycles. The molecule has 2 rings (SSSR count). The molecule has 4 nitrogen and oxygen atoms in total. The Kier molecular flexibility index (Phi) is 5.86. The Morgan fingerprint density at radius 1 is 0.900 bits per heavy atom. The summed E-state index contributed by atoms with van der Waals surface area (Å²) in [5.74, 6) is 0. The van der Waals surface area contributed by atoms with Crippen molar-refractivity contribution in [3.8, 4) is 0 Å². The van der Waals surface area contributed by atoms with Crippen molar-refractivity contribution < 1.29 is 18.9 Å². The topological polar surface area (TPSA) is 36.9 Å². The van der Waals surface area contributed by atoms with E-state index in [0.717, 1.165) is 4.90 Å². The minimum absolute atomic E-state index is 0.0439. The van der Waals surface area contributed by atoms with Crippen LogP contribution in [0.15, 0.2) is 35.2 Å². The van der Waals surface area contributed by atoms with Crippen molar-refractivity contribution in [2.45, 2.75) is 41.7 Å². The summed E-state index contributed by atoms with van der Waals surface area (Å²) < 4.78 is 22.8. The molecule has 1 aromatic rings. The molecule has 1 fully saturated rings. The van der Waals surface area contributed by atoms with Crippen molar-refractivity contribution in [1.82, 2.24) is 0 Å². The predicted molar refractivity (Wildman–Crippen MR) is 79.0 cm³/mol. The molecule has 0 N–H and O–H groups in total. The molecule has 0 spiro atoms. The molecular weight excluding hydrogens is 276 g/mol. The molecule has 20 heavy (non-hydrogen) atoms. The molecule has 0 unspecified atom stereocenters. The Morgan fingerprint density at radius 3 is 2.05 bits per heavy atom. The second-order valence-corrected chi connectivity index (χ2v) is 5.91. The van der Waals surface area contributed by atoms with Gasteiger partial charge in [0.05, 0.1) is 6.10 Å². The highest BCUT2D eigenvalue weighted by atomic mass is 32.2. The summed E-state index contributed by atoms with van der Waals surface area (Å²) >= 11 is 1.65. The van der Waals surface area contributed by atoms with Gasteiger partial charge in [0.15, 0.2) is 0 Å². The second kappa shape index (κ2) is 7.43. The van der Waals surface area contributed by atoms with Crippen LogP contribution in [-0.2, 0) is 18.9 Å². The fraction of sp³-hybridized carbons (Fsp3) is 0.600. The van der Waals surface area contributed by atoms with Crippen molar-refractivity contribution in [3.05, 3.63) is 30.3 Å². The molecule has 1 saturated heterocycles. The number of methoxy groups -OCH3 is 3. The summed E-state index contributed by atoms with van der Waals surface area (Å²) in [6.07, 6.45) is -0.489. The normalized spacial score (nSPS) is 34.1. The average Bonchev–Trinajstić information content (AvgIpc) is 2.47. The van der Waals surface area contributed by atoms with Gasteiger partial charge in [0.2, 0.25) is 0 Å². The molecule has 0 bridgehead atoms. The lowest BCUT2D eigenvalue weighted by atomic mass is 10.0. The van der Waals surface area contributed by atoms with Crippen LogP contribution < -0.4 is 0 Å². The van der Waals surface area contributed by atoms with Crippen LogP contribution in [0.25, 0.3) is 0 Å². The Hall–Kier alpha value is -0.590. The smallest absolute Gasteiger partial charge is 0.136 e. The molecule has 0 radical (unpaired) electrons. The zero-order valence-electron chi connectivity index (χ0n) is 12.3. The second-order valence-electron chi connectivity index (χ2n) is 4.74. The zero-order chi connectivity index (χ0) is 14.5. The summed E-state index contributed by atoms with van der Waals surface area (Å²) in [6, 6.07) is 10.2. The molecule has 1 heterocycles. The van der Waals surface area contributed by atoms with Crippen molar-refractivity contribution in [2.75, 3.05) is 21.3 Å². The van der Waals surface area contributed by atoms with Gasteiger partial charge in [-0.25, -0.2) is 0 Å².